The Bertz CT molecular complexity index is 1080. The van der Waals surface area contributed by atoms with Crippen LogP contribution in [0.3, 0.4) is 0 Å². The highest BCUT2D eigenvalue weighted by Crippen LogP contribution is 2.34. The lowest BCUT2D eigenvalue weighted by molar-refractivity contribution is -0.125. The average molecular weight is 495 g/mol. The second kappa shape index (κ2) is 12.6. The molecule has 2 aromatic rings. The lowest BCUT2D eigenvalue weighted by Crippen LogP contribution is -2.33. The molecule has 1 aliphatic carbocycles. The third kappa shape index (κ3) is 7.01. The summed E-state index contributed by atoms with van der Waals surface area (Å²) in [5.74, 6) is 0.684. The van der Waals surface area contributed by atoms with Crippen LogP contribution >= 0.6 is 12.1 Å². The van der Waals surface area contributed by atoms with Crippen molar-refractivity contribution in [2.75, 3.05) is 6.61 Å². The molecule has 1 fully saturated rings. The lowest BCUT2D eigenvalue weighted by Gasteiger charge is -2.32. The number of hydrogen-bond donors (Lipinski definition) is 1. The Morgan fingerprint density at radius 2 is 1.77 bits per heavy atom. The van der Waals surface area contributed by atoms with E-state index < -0.39 is 0 Å². The molecule has 0 saturated heterocycles. The van der Waals surface area contributed by atoms with E-state index in [1.54, 1.807) is 24.3 Å². The Labute approximate surface area is 210 Å². The molecular formula is C27H31FN4O2S. The summed E-state index contributed by atoms with van der Waals surface area (Å²) in [6.07, 6.45) is 8.97. The fourth-order valence-corrected chi connectivity index (χ4v) is 4.95. The highest BCUT2D eigenvalue weighted by molar-refractivity contribution is 7.94. The van der Waals surface area contributed by atoms with Crippen LogP contribution in [0.4, 0.5) is 3.89 Å². The summed E-state index contributed by atoms with van der Waals surface area (Å²) >= 11 is 0.187. The van der Waals surface area contributed by atoms with E-state index in [2.05, 4.69) is 39.7 Å². The number of nitrogens with one attached hydrogen (secondary N) is 1. The van der Waals surface area contributed by atoms with Gasteiger partial charge in [-0.3, -0.25) is 4.79 Å². The van der Waals surface area contributed by atoms with Crippen molar-refractivity contribution in [3.63, 3.8) is 0 Å². The van der Waals surface area contributed by atoms with E-state index in [-0.39, 0.29) is 24.7 Å². The van der Waals surface area contributed by atoms with Crippen molar-refractivity contribution >= 4 is 35.7 Å². The first-order valence-corrected chi connectivity index (χ1v) is 12.9. The molecule has 0 bridgehead atoms. The summed E-state index contributed by atoms with van der Waals surface area (Å²) in [6.45, 7) is 2.35. The molecule has 8 heteroatoms. The highest BCUT2D eigenvalue weighted by atomic mass is 32.2. The van der Waals surface area contributed by atoms with Crippen molar-refractivity contribution in [3.8, 4) is 0 Å². The van der Waals surface area contributed by atoms with Gasteiger partial charge in [-0.25, -0.2) is 0 Å². The molecule has 4 rings (SSSR count). The highest BCUT2D eigenvalue weighted by Gasteiger charge is 2.32. The third-order valence-corrected chi connectivity index (χ3v) is 7.10. The van der Waals surface area contributed by atoms with Crippen LogP contribution in [0.5, 0.6) is 0 Å². The lowest BCUT2D eigenvalue weighted by atomic mass is 9.74. The van der Waals surface area contributed by atoms with E-state index in [1.165, 1.54) is 50.5 Å². The molecule has 0 aromatic heterocycles. The standard InChI is InChI=1S/C27H31FN4O2S/c1-19-24-6-4-2-3-5-7-25(24)27(32-31-19)22-12-8-20(9-13-22)16-29-26(33)18-34-30-17-21-10-14-23(35-28)15-11-21/h8-15,17,24-25H,2-7,16,18H2,1H3,(H,29,33)/b30-17+. The summed E-state index contributed by atoms with van der Waals surface area (Å²) in [6, 6.07) is 15.0. The number of oxime groups is 1. The summed E-state index contributed by atoms with van der Waals surface area (Å²) in [5.41, 5.74) is 5.14. The Balaban J connectivity index is 1.26. The number of halogens is 1. The van der Waals surface area contributed by atoms with Crippen LogP contribution in [0.25, 0.3) is 0 Å². The van der Waals surface area contributed by atoms with E-state index in [9.17, 15) is 8.68 Å². The van der Waals surface area contributed by atoms with Crippen LogP contribution in [-0.2, 0) is 16.2 Å². The molecule has 2 atom stereocenters. The number of benzene rings is 2. The molecule has 1 N–H and O–H groups in total. The van der Waals surface area contributed by atoms with Gasteiger partial charge in [0.2, 0.25) is 0 Å². The maximum Gasteiger partial charge on any atom is 0.261 e. The van der Waals surface area contributed by atoms with Gasteiger partial charge in [0.25, 0.3) is 5.91 Å². The van der Waals surface area contributed by atoms with Gasteiger partial charge in [0.15, 0.2) is 6.61 Å². The molecule has 1 aliphatic heterocycles. The summed E-state index contributed by atoms with van der Waals surface area (Å²) in [7, 11) is 0. The van der Waals surface area contributed by atoms with E-state index >= 15 is 0 Å². The fraction of sp³-hybridized carbons (Fsp3) is 0.407. The van der Waals surface area contributed by atoms with Gasteiger partial charge in [-0.05, 0) is 48.6 Å². The average Bonchev–Trinajstić information content (AvgIpc) is 2.87. The number of fused-ring (bicyclic) bond motifs is 1. The first kappa shape index (κ1) is 25.1. The van der Waals surface area contributed by atoms with Crippen LogP contribution in [0.2, 0.25) is 0 Å². The summed E-state index contributed by atoms with van der Waals surface area (Å²) in [5, 5.41) is 15.7. The maximum absolute atomic E-state index is 12.5. The molecule has 6 nitrogen and oxygen atoms in total. The number of nitrogens with zero attached hydrogens (tertiary/aromatic N) is 3. The van der Waals surface area contributed by atoms with Gasteiger partial charge in [0.1, 0.15) is 0 Å². The van der Waals surface area contributed by atoms with Gasteiger partial charge in [-0.15, -0.1) is 0 Å². The van der Waals surface area contributed by atoms with Gasteiger partial charge in [-0.2, -0.15) is 14.1 Å². The Hall–Kier alpha value is -3.00. The quantitative estimate of drug-likeness (QED) is 0.356. The molecule has 35 heavy (non-hydrogen) atoms. The van der Waals surface area contributed by atoms with E-state index in [0.717, 1.165) is 22.4 Å². The van der Waals surface area contributed by atoms with Crippen molar-refractivity contribution in [2.24, 2.45) is 27.2 Å². The summed E-state index contributed by atoms with van der Waals surface area (Å²) < 4.78 is 12.5. The largest absolute Gasteiger partial charge is 0.386 e. The molecular weight excluding hydrogens is 463 g/mol. The van der Waals surface area contributed by atoms with Crippen molar-refractivity contribution in [3.05, 3.63) is 65.2 Å². The van der Waals surface area contributed by atoms with Gasteiger partial charge in [-0.1, -0.05) is 67.2 Å². The molecule has 0 radical (unpaired) electrons. The molecule has 2 aromatic carbocycles. The smallest absolute Gasteiger partial charge is 0.261 e. The summed E-state index contributed by atoms with van der Waals surface area (Å²) in [4.78, 5) is 17.7. The van der Waals surface area contributed by atoms with E-state index in [1.807, 2.05) is 12.1 Å². The topological polar surface area (TPSA) is 75.4 Å². The SMILES string of the molecule is CC1=NN=C(c2ccc(CNC(=O)CO/N=C/c3ccc(SF)cc3)cc2)C2CCCCCCC12. The number of rotatable bonds is 8. The maximum atomic E-state index is 12.5. The number of carbonyl (C=O) groups excluding carboxylic acids is 1. The Kier molecular flexibility index (Phi) is 9.06. The van der Waals surface area contributed by atoms with Crippen LogP contribution in [0, 0.1) is 11.8 Å². The van der Waals surface area contributed by atoms with Crippen molar-refractivity contribution in [1.29, 1.82) is 0 Å². The van der Waals surface area contributed by atoms with E-state index in [0.29, 0.717) is 23.3 Å². The molecule has 184 valence electrons. The molecule has 2 unspecified atom stereocenters. The molecule has 1 amide bonds. The first-order chi connectivity index (χ1) is 17.1. The van der Waals surface area contributed by atoms with Crippen LogP contribution < -0.4 is 5.32 Å². The zero-order chi connectivity index (χ0) is 24.5. The fourth-order valence-electron chi connectivity index (χ4n) is 4.71. The van der Waals surface area contributed by atoms with Gasteiger partial charge >= 0.3 is 0 Å². The third-order valence-electron chi connectivity index (χ3n) is 6.65. The van der Waals surface area contributed by atoms with Crippen molar-refractivity contribution in [1.82, 2.24) is 5.32 Å². The Morgan fingerprint density at radius 3 is 2.49 bits per heavy atom. The molecule has 0 spiro atoms. The zero-order valence-corrected chi connectivity index (χ0v) is 20.8. The molecule has 2 aliphatic rings. The number of hydrogen-bond acceptors (Lipinski definition) is 6. The van der Waals surface area contributed by atoms with Gasteiger partial charge in [0.05, 0.1) is 24.1 Å². The monoisotopic (exact) mass is 494 g/mol. The molecule has 1 heterocycles. The number of carbonyl (C=O) groups is 1. The minimum absolute atomic E-state index is 0.176. The van der Waals surface area contributed by atoms with Crippen molar-refractivity contribution < 1.29 is 13.5 Å². The predicted molar refractivity (Wildman–Crippen MR) is 140 cm³/mol. The Morgan fingerprint density at radius 1 is 1.06 bits per heavy atom. The van der Waals surface area contributed by atoms with Crippen LogP contribution in [-0.4, -0.2) is 30.2 Å². The minimum atomic E-state index is -0.255. The number of amides is 1. The van der Waals surface area contributed by atoms with Crippen LogP contribution in [0.15, 0.2) is 68.8 Å². The molecule has 1 saturated carbocycles. The van der Waals surface area contributed by atoms with Gasteiger partial charge in [0, 0.05) is 29.0 Å². The van der Waals surface area contributed by atoms with E-state index in [4.69, 9.17) is 4.84 Å². The van der Waals surface area contributed by atoms with Gasteiger partial charge < -0.3 is 10.2 Å². The van der Waals surface area contributed by atoms with Crippen molar-refractivity contribution in [2.45, 2.75) is 56.9 Å². The minimum Gasteiger partial charge on any atom is -0.386 e. The van der Waals surface area contributed by atoms with Crippen LogP contribution in [0.1, 0.15) is 62.1 Å². The normalized spacial score (nSPS) is 20.3. The second-order valence-electron chi connectivity index (χ2n) is 9.06. The zero-order valence-electron chi connectivity index (χ0n) is 20.0. The second-order valence-corrected chi connectivity index (χ2v) is 9.68. The first-order valence-electron chi connectivity index (χ1n) is 12.2. The predicted octanol–water partition coefficient (Wildman–Crippen LogP) is 6.10.